The molecule has 4 N–H and O–H groups in total. The number of benzene rings is 1. The predicted molar refractivity (Wildman–Crippen MR) is 78.1 cm³/mol. The largest absolute Gasteiger partial charge is 0.480 e. The fourth-order valence-electron chi connectivity index (χ4n) is 1.74. The number of hydrogen-bond donors (Lipinski definition) is 4. The average molecular weight is 326 g/mol. The van der Waals surface area contributed by atoms with Crippen LogP contribution in [0.25, 0.3) is 0 Å². The van der Waals surface area contributed by atoms with Crippen molar-refractivity contribution in [2.45, 2.75) is 11.8 Å². The molecule has 1 aromatic carbocycles. The van der Waals surface area contributed by atoms with Crippen molar-refractivity contribution in [1.29, 1.82) is 0 Å². The number of hydrogen-bond acceptors (Lipinski definition) is 5. The number of aliphatic imine (C=N–C) groups is 1. The van der Waals surface area contributed by atoms with E-state index in [1.165, 1.54) is 6.07 Å². The van der Waals surface area contributed by atoms with Crippen molar-refractivity contribution in [3.63, 3.8) is 0 Å². The summed E-state index contributed by atoms with van der Waals surface area (Å²) in [6.07, 6.45) is 0. The number of rotatable bonds is 4. The third-order valence-electron chi connectivity index (χ3n) is 2.73. The highest BCUT2D eigenvalue weighted by Crippen LogP contribution is 2.25. The molecule has 1 aliphatic heterocycles. The summed E-state index contributed by atoms with van der Waals surface area (Å²) in [4.78, 5) is 25.5. The van der Waals surface area contributed by atoms with Crippen LogP contribution in [0, 0.1) is 6.92 Å². The maximum atomic E-state index is 12.1. The maximum Gasteiger partial charge on any atom is 0.322 e. The standard InChI is InChI=1S/C12H14N4O5S/c1-7-2-3-8-9(4-7)22(20,21)16-12(15-8)14-5-10(17)13-6-11(18)19/h2-4H,5-6H2,1H3,(H,13,17)(H,18,19)(H2,14,15,16). The molecule has 1 heterocycles. The van der Waals surface area contributed by atoms with E-state index in [1.54, 1.807) is 19.1 Å². The average Bonchev–Trinajstić information content (AvgIpc) is 2.43. The molecule has 0 spiro atoms. The van der Waals surface area contributed by atoms with Gasteiger partial charge < -0.3 is 15.7 Å². The zero-order chi connectivity index (χ0) is 16.3. The van der Waals surface area contributed by atoms with Crippen LogP contribution in [-0.4, -0.2) is 44.4 Å². The molecule has 22 heavy (non-hydrogen) atoms. The molecular weight excluding hydrogens is 312 g/mol. The normalized spacial score (nSPS) is 17.0. The Labute approximate surface area is 126 Å². The number of aliphatic carboxylic acids is 1. The molecule has 0 saturated carbocycles. The van der Waals surface area contributed by atoms with Crippen molar-refractivity contribution in [2.24, 2.45) is 4.99 Å². The number of sulfonamides is 1. The van der Waals surface area contributed by atoms with Gasteiger partial charge in [-0.15, -0.1) is 0 Å². The zero-order valence-electron chi connectivity index (χ0n) is 11.6. The Morgan fingerprint density at radius 1 is 1.36 bits per heavy atom. The second kappa shape index (κ2) is 6.02. The van der Waals surface area contributed by atoms with E-state index in [0.29, 0.717) is 5.69 Å². The van der Waals surface area contributed by atoms with Crippen molar-refractivity contribution in [3.8, 4) is 0 Å². The Hall–Kier alpha value is -2.62. The highest BCUT2D eigenvalue weighted by Gasteiger charge is 2.26. The third kappa shape index (κ3) is 3.73. The molecule has 0 aromatic heterocycles. The number of fused-ring (bicyclic) bond motifs is 1. The second-order valence-corrected chi connectivity index (χ2v) is 6.22. The van der Waals surface area contributed by atoms with Gasteiger partial charge in [0, 0.05) is 0 Å². The molecule has 10 heteroatoms. The number of nitrogens with one attached hydrogen (secondary N) is 3. The number of carbonyl (C=O) groups is 2. The Balaban J connectivity index is 2.12. The van der Waals surface area contributed by atoms with E-state index >= 15 is 0 Å². The third-order valence-corrected chi connectivity index (χ3v) is 4.11. The lowest BCUT2D eigenvalue weighted by Crippen LogP contribution is -2.41. The van der Waals surface area contributed by atoms with Crippen LogP contribution in [-0.2, 0) is 19.6 Å². The first-order valence-corrected chi connectivity index (χ1v) is 7.70. The van der Waals surface area contributed by atoms with Gasteiger partial charge in [0.2, 0.25) is 11.9 Å². The Morgan fingerprint density at radius 3 is 2.77 bits per heavy atom. The van der Waals surface area contributed by atoms with Gasteiger partial charge >= 0.3 is 5.97 Å². The SMILES string of the molecule is Cc1ccc2c(c1)S(=O)(=O)NC(=NCC(=O)NCC(=O)O)N2. The molecule has 0 fully saturated rings. The maximum absolute atomic E-state index is 12.1. The van der Waals surface area contributed by atoms with Crippen LogP contribution in [0.1, 0.15) is 5.56 Å². The Morgan fingerprint density at radius 2 is 2.09 bits per heavy atom. The molecule has 1 aromatic rings. The van der Waals surface area contributed by atoms with E-state index < -0.39 is 35.0 Å². The van der Waals surface area contributed by atoms with Crippen LogP contribution in [0.15, 0.2) is 28.1 Å². The monoisotopic (exact) mass is 326 g/mol. The van der Waals surface area contributed by atoms with Gasteiger partial charge in [-0.2, -0.15) is 0 Å². The molecule has 9 nitrogen and oxygen atoms in total. The van der Waals surface area contributed by atoms with Crippen LogP contribution < -0.4 is 15.4 Å². The fraction of sp³-hybridized carbons (Fsp3) is 0.250. The molecule has 0 saturated heterocycles. The lowest BCUT2D eigenvalue weighted by Gasteiger charge is -2.21. The lowest BCUT2D eigenvalue weighted by molar-refractivity contribution is -0.137. The molecule has 0 unspecified atom stereocenters. The minimum Gasteiger partial charge on any atom is -0.480 e. The van der Waals surface area contributed by atoms with Gasteiger partial charge in [-0.25, -0.2) is 18.1 Å². The van der Waals surface area contributed by atoms with E-state index in [0.717, 1.165) is 5.56 Å². The second-order valence-electron chi connectivity index (χ2n) is 4.57. The number of aryl methyl sites for hydroxylation is 1. The Bertz CT molecular complexity index is 757. The van der Waals surface area contributed by atoms with E-state index in [1.807, 2.05) is 0 Å². The fourth-order valence-corrected chi connectivity index (χ4v) is 2.97. The molecule has 0 radical (unpaired) electrons. The molecule has 1 aliphatic rings. The molecule has 118 valence electrons. The van der Waals surface area contributed by atoms with Gasteiger partial charge in [0.25, 0.3) is 10.0 Å². The van der Waals surface area contributed by atoms with E-state index in [-0.39, 0.29) is 10.9 Å². The molecule has 1 amide bonds. The van der Waals surface area contributed by atoms with E-state index in [9.17, 15) is 18.0 Å². The quantitative estimate of drug-likeness (QED) is 0.575. The number of amides is 1. The van der Waals surface area contributed by atoms with Crippen molar-refractivity contribution in [1.82, 2.24) is 10.0 Å². The predicted octanol–water partition coefficient (Wildman–Crippen LogP) is -0.744. The zero-order valence-corrected chi connectivity index (χ0v) is 12.4. The summed E-state index contributed by atoms with van der Waals surface area (Å²) >= 11 is 0. The van der Waals surface area contributed by atoms with Gasteiger partial charge in [-0.1, -0.05) is 6.07 Å². The van der Waals surface area contributed by atoms with E-state index in [4.69, 9.17) is 5.11 Å². The summed E-state index contributed by atoms with van der Waals surface area (Å²) in [7, 11) is -3.76. The molecule has 0 atom stereocenters. The number of carbonyl (C=O) groups excluding carboxylic acids is 1. The summed E-state index contributed by atoms with van der Waals surface area (Å²) in [5.41, 5.74) is 1.15. The summed E-state index contributed by atoms with van der Waals surface area (Å²) in [6, 6.07) is 4.86. The van der Waals surface area contributed by atoms with E-state index in [2.05, 4.69) is 20.3 Å². The summed E-state index contributed by atoms with van der Waals surface area (Å²) in [5.74, 6) is -1.91. The van der Waals surface area contributed by atoms with Crippen molar-refractivity contribution in [2.75, 3.05) is 18.4 Å². The minimum atomic E-state index is -3.76. The van der Waals surface area contributed by atoms with Crippen molar-refractivity contribution >= 4 is 33.5 Å². The van der Waals surface area contributed by atoms with Crippen molar-refractivity contribution in [3.05, 3.63) is 23.8 Å². The molecular formula is C12H14N4O5S. The minimum absolute atomic E-state index is 0.0955. The molecule has 0 bridgehead atoms. The van der Waals surface area contributed by atoms with Gasteiger partial charge in [-0.05, 0) is 24.6 Å². The first-order chi connectivity index (χ1) is 10.3. The first-order valence-electron chi connectivity index (χ1n) is 6.21. The van der Waals surface area contributed by atoms with Crippen LogP contribution in [0.5, 0.6) is 0 Å². The summed E-state index contributed by atoms with van der Waals surface area (Å²) in [5, 5.41) is 13.3. The highest BCUT2D eigenvalue weighted by molar-refractivity contribution is 7.90. The van der Waals surface area contributed by atoms with Gasteiger partial charge in [0.1, 0.15) is 18.0 Å². The molecule has 2 rings (SSSR count). The summed E-state index contributed by atoms with van der Waals surface area (Å²) < 4.78 is 26.4. The number of guanidine groups is 1. The number of anilines is 1. The number of carboxylic acid groups (broad SMARTS) is 1. The lowest BCUT2D eigenvalue weighted by atomic mass is 10.2. The van der Waals surface area contributed by atoms with Crippen LogP contribution in [0.4, 0.5) is 5.69 Å². The summed E-state index contributed by atoms with van der Waals surface area (Å²) in [6.45, 7) is 0.844. The smallest absolute Gasteiger partial charge is 0.322 e. The van der Waals surface area contributed by atoms with Crippen LogP contribution >= 0.6 is 0 Å². The first kappa shape index (κ1) is 15.8. The number of nitrogens with zero attached hydrogens (tertiary/aromatic N) is 1. The topological polar surface area (TPSA) is 137 Å². The van der Waals surface area contributed by atoms with Crippen LogP contribution in [0.3, 0.4) is 0 Å². The van der Waals surface area contributed by atoms with Gasteiger partial charge in [0.15, 0.2) is 0 Å². The molecule has 0 aliphatic carbocycles. The highest BCUT2D eigenvalue weighted by atomic mass is 32.2. The Kier molecular flexibility index (Phi) is 4.31. The van der Waals surface area contributed by atoms with Crippen molar-refractivity contribution < 1.29 is 23.1 Å². The van der Waals surface area contributed by atoms with Gasteiger partial charge in [0.05, 0.1) is 5.69 Å². The van der Waals surface area contributed by atoms with Gasteiger partial charge in [-0.3, -0.25) is 9.59 Å². The van der Waals surface area contributed by atoms with Crippen LogP contribution in [0.2, 0.25) is 0 Å². The number of carboxylic acids is 1.